The Kier molecular flexibility index (Phi) is 5.81. The third-order valence-electron chi connectivity index (χ3n) is 2.61. The first-order valence-corrected chi connectivity index (χ1v) is 6.67. The highest BCUT2D eigenvalue weighted by Crippen LogP contribution is 2.25. The van der Waals surface area contributed by atoms with E-state index >= 15 is 0 Å². The van der Waals surface area contributed by atoms with Crippen molar-refractivity contribution in [2.45, 2.75) is 31.6 Å². The Labute approximate surface area is 97.4 Å². The SMILES string of the molecule is CCC(C)CSc1ccccc1CCN. The zero-order valence-corrected chi connectivity index (χ0v) is 10.5. The first kappa shape index (κ1) is 12.6. The highest BCUT2D eigenvalue weighted by molar-refractivity contribution is 7.99. The van der Waals surface area contributed by atoms with Crippen LogP contribution in [-0.4, -0.2) is 12.3 Å². The van der Waals surface area contributed by atoms with Gasteiger partial charge in [0.2, 0.25) is 0 Å². The summed E-state index contributed by atoms with van der Waals surface area (Å²) in [6, 6.07) is 8.60. The van der Waals surface area contributed by atoms with Crippen molar-refractivity contribution in [1.29, 1.82) is 0 Å². The fourth-order valence-corrected chi connectivity index (χ4v) is 2.59. The molecule has 0 heterocycles. The standard InChI is InChI=1S/C13H21NS/c1-3-11(2)10-15-13-7-5-4-6-12(13)8-9-14/h4-7,11H,3,8-10,14H2,1-2H3. The van der Waals surface area contributed by atoms with E-state index in [2.05, 4.69) is 38.1 Å². The highest BCUT2D eigenvalue weighted by Gasteiger charge is 2.04. The second-order valence-corrected chi connectivity index (χ2v) is 5.03. The third kappa shape index (κ3) is 4.27. The lowest BCUT2D eigenvalue weighted by atomic mass is 10.1. The maximum absolute atomic E-state index is 5.60. The summed E-state index contributed by atoms with van der Waals surface area (Å²) in [5.41, 5.74) is 7.00. The molecule has 84 valence electrons. The lowest BCUT2D eigenvalue weighted by molar-refractivity contribution is 0.637. The minimum absolute atomic E-state index is 0.737. The predicted molar refractivity (Wildman–Crippen MR) is 69.4 cm³/mol. The molecule has 0 bridgehead atoms. The van der Waals surface area contributed by atoms with Crippen molar-refractivity contribution in [1.82, 2.24) is 0 Å². The van der Waals surface area contributed by atoms with Gasteiger partial charge in [0.1, 0.15) is 0 Å². The number of hydrogen-bond acceptors (Lipinski definition) is 2. The van der Waals surface area contributed by atoms with E-state index in [9.17, 15) is 0 Å². The predicted octanol–water partition coefficient (Wildman–Crippen LogP) is 3.33. The molecule has 0 aromatic heterocycles. The number of hydrogen-bond donors (Lipinski definition) is 1. The Morgan fingerprint density at radius 2 is 2.07 bits per heavy atom. The molecule has 1 atom stereocenters. The van der Waals surface area contributed by atoms with E-state index in [1.807, 2.05) is 11.8 Å². The number of thioether (sulfide) groups is 1. The number of rotatable bonds is 6. The molecule has 0 amide bonds. The van der Waals surface area contributed by atoms with E-state index in [0.717, 1.165) is 18.9 Å². The van der Waals surface area contributed by atoms with Crippen LogP contribution < -0.4 is 5.73 Å². The van der Waals surface area contributed by atoms with Crippen LogP contribution in [0.15, 0.2) is 29.2 Å². The highest BCUT2D eigenvalue weighted by atomic mass is 32.2. The monoisotopic (exact) mass is 223 g/mol. The van der Waals surface area contributed by atoms with E-state index in [-0.39, 0.29) is 0 Å². The summed E-state index contributed by atoms with van der Waals surface area (Å²) in [5, 5.41) is 0. The van der Waals surface area contributed by atoms with Crippen molar-refractivity contribution in [3.8, 4) is 0 Å². The molecule has 1 unspecified atom stereocenters. The largest absolute Gasteiger partial charge is 0.330 e. The summed E-state index contributed by atoms with van der Waals surface area (Å²) in [5.74, 6) is 2.00. The molecule has 2 N–H and O–H groups in total. The fourth-order valence-electron chi connectivity index (χ4n) is 1.36. The van der Waals surface area contributed by atoms with Gasteiger partial charge in [-0.25, -0.2) is 0 Å². The zero-order valence-electron chi connectivity index (χ0n) is 9.70. The average molecular weight is 223 g/mol. The van der Waals surface area contributed by atoms with E-state index in [1.54, 1.807) is 0 Å². The molecule has 1 nitrogen and oxygen atoms in total. The summed E-state index contributed by atoms with van der Waals surface area (Å²) in [4.78, 5) is 1.41. The van der Waals surface area contributed by atoms with Gasteiger partial charge >= 0.3 is 0 Å². The van der Waals surface area contributed by atoms with Crippen molar-refractivity contribution in [3.05, 3.63) is 29.8 Å². The lowest BCUT2D eigenvalue weighted by Crippen LogP contribution is -2.04. The van der Waals surface area contributed by atoms with Crippen LogP contribution in [0.25, 0.3) is 0 Å². The van der Waals surface area contributed by atoms with Gasteiger partial charge < -0.3 is 5.73 Å². The summed E-state index contributed by atoms with van der Waals surface area (Å²) in [6.07, 6.45) is 2.25. The Balaban J connectivity index is 2.58. The smallest absolute Gasteiger partial charge is 0.0105 e. The first-order valence-electron chi connectivity index (χ1n) is 5.68. The maximum atomic E-state index is 5.60. The number of benzene rings is 1. The second-order valence-electron chi connectivity index (χ2n) is 3.97. The van der Waals surface area contributed by atoms with Crippen LogP contribution >= 0.6 is 11.8 Å². The molecule has 0 aliphatic carbocycles. The Bertz CT molecular complexity index is 286. The normalized spacial score (nSPS) is 12.7. The molecule has 0 spiro atoms. The van der Waals surface area contributed by atoms with Crippen LogP contribution in [0.3, 0.4) is 0 Å². The van der Waals surface area contributed by atoms with Crippen molar-refractivity contribution in [2.75, 3.05) is 12.3 Å². The van der Waals surface area contributed by atoms with Gasteiger partial charge in [0.05, 0.1) is 0 Å². The van der Waals surface area contributed by atoms with Gasteiger partial charge in [-0.1, -0.05) is 38.5 Å². The summed E-state index contributed by atoms with van der Waals surface area (Å²) in [6.45, 7) is 5.29. The van der Waals surface area contributed by atoms with Crippen LogP contribution in [0.5, 0.6) is 0 Å². The fraction of sp³-hybridized carbons (Fsp3) is 0.538. The molecule has 1 rings (SSSR count). The van der Waals surface area contributed by atoms with Gasteiger partial charge in [-0.2, -0.15) is 0 Å². The van der Waals surface area contributed by atoms with Crippen molar-refractivity contribution < 1.29 is 0 Å². The van der Waals surface area contributed by atoms with Crippen molar-refractivity contribution >= 4 is 11.8 Å². The van der Waals surface area contributed by atoms with Gasteiger partial charge in [-0.15, -0.1) is 11.8 Å². The van der Waals surface area contributed by atoms with Crippen LogP contribution in [0.1, 0.15) is 25.8 Å². The molecule has 0 fully saturated rings. The van der Waals surface area contributed by atoms with Crippen LogP contribution in [0, 0.1) is 5.92 Å². The van der Waals surface area contributed by atoms with E-state index < -0.39 is 0 Å². The van der Waals surface area contributed by atoms with Gasteiger partial charge in [-0.05, 0) is 30.5 Å². The Morgan fingerprint density at radius 3 is 2.73 bits per heavy atom. The molecule has 2 heteroatoms. The van der Waals surface area contributed by atoms with Crippen LogP contribution in [-0.2, 0) is 6.42 Å². The molecule has 1 aromatic rings. The van der Waals surface area contributed by atoms with Gasteiger partial charge in [-0.3, -0.25) is 0 Å². The molecule has 0 saturated heterocycles. The quantitative estimate of drug-likeness (QED) is 0.749. The van der Waals surface area contributed by atoms with Gasteiger partial charge in [0, 0.05) is 10.6 Å². The van der Waals surface area contributed by atoms with E-state index in [1.165, 1.54) is 22.6 Å². The Morgan fingerprint density at radius 1 is 1.33 bits per heavy atom. The molecule has 0 aliphatic heterocycles. The molecular formula is C13H21NS. The molecular weight excluding hydrogens is 202 g/mol. The van der Waals surface area contributed by atoms with Gasteiger partial charge in [0.15, 0.2) is 0 Å². The molecule has 0 aliphatic rings. The van der Waals surface area contributed by atoms with Gasteiger partial charge in [0.25, 0.3) is 0 Å². The molecule has 0 radical (unpaired) electrons. The maximum Gasteiger partial charge on any atom is 0.0105 e. The van der Waals surface area contributed by atoms with E-state index in [4.69, 9.17) is 5.73 Å². The van der Waals surface area contributed by atoms with Crippen molar-refractivity contribution in [2.24, 2.45) is 11.7 Å². The van der Waals surface area contributed by atoms with Crippen molar-refractivity contribution in [3.63, 3.8) is 0 Å². The molecule has 1 aromatic carbocycles. The first-order chi connectivity index (χ1) is 7.27. The second kappa shape index (κ2) is 6.91. The summed E-state index contributed by atoms with van der Waals surface area (Å²) in [7, 11) is 0. The minimum atomic E-state index is 0.737. The Hall–Kier alpha value is -0.470. The minimum Gasteiger partial charge on any atom is -0.330 e. The molecule has 15 heavy (non-hydrogen) atoms. The molecule has 0 saturated carbocycles. The average Bonchev–Trinajstić information content (AvgIpc) is 2.28. The zero-order chi connectivity index (χ0) is 11.1. The summed E-state index contributed by atoms with van der Waals surface area (Å²) < 4.78 is 0. The van der Waals surface area contributed by atoms with Crippen LogP contribution in [0.4, 0.5) is 0 Å². The summed E-state index contributed by atoms with van der Waals surface area (Å²) >= 11 is 1.96. The lowest BCUT2D eigenvalue weighted by Gasteiger charge is -2.11. The number of nitrogens with two attached hydrogens (primary N) is 1. The topological polar surface area (TPSA) is 26.0 Å². The van der Waals surface area contributed by atoms with Crippen LogP contribution in [0.2, 0.25) is 0 Å². The third-order valence-corrected chi connectivity index (χ3v) is 4.05. The van der Waals surface area contributed by atoms with E-state index in [0.29, 0.717) is 0 Å².